The Kier molecular flexibility index (Phi) is 7.07. The van der Waals surface area contributed by atoms with Gasteiger partial charge in [0.25, 0.3) is 0 Å². The van der Waals surface area contributed by atoms with Gasteiger partial charge in [0.05, 0.1) is 28.6 Å². The summed E-state index contributed by atoms with van der Waals surface area (Å²) in [4.78, 5) is 8.70. The third kappa shape index (κ3) is 5.17. The van der Waals surface area contributed by atoms with Crippen molar-refractivity contribution in [1.82, 2.24) is 9.88 Å². The molecule has 1 N–H and O–H groups in total. The molecule has 1 aliphatic rings. The maximum absolute atomic E-state index is 11.2. The van der Waals surface area contributed by atoms with Crippen LogP contribution in [0.2, 0.25) is 10.0 Å². The Labute approximate surface area is 209 Å². The van der Waals surface area contributed by atoms with Crippen molar-refractivity contribution in [1.29, 1.82) is 10.5 Å². The number of nitrogens with zero attached hydrogens (tertiary/aromatic N) is 5. The van der Waals surface area contributed by atoms with Gasteiger partial charge in [0, 0.05) is 42.4 Å². The normalized spacial score (nSPS) is 18.1. The second-order valence-electron chi connectivity index (χ2n) is 8.59. The molecule has 0 spiro atoms. The zero-order chi connectivity index (χ0) is 24.3. The van der Waals surface area contributed by atoms with E-state index in [1.165, 1.54) is 6.20 Å². The van der Waals surface area contributed by atoms with Crippen LogP contribution in [0.1, 0.15) is 35.3 Å². The van der Waals surface area contributed by atoms with Crippen molar-refractivity contribution < 1.29 is 5.11 Å². The van der Waals surface area contributed by atoms with E-state index in [4.69, 9.17) is 28.5 Å². The van der Waals surface area contributed by atoms with Crippen molar-refractivity contribution >= 4 is 28.9 Å². The minimum Gasteiger partial charge on any atom is -0.382 e. The summed E-state index contributed by atoms with van der Waals surface area (Å²) in [6, 6.07) is 20.7. The Bertz CT molecular complexity index is 1250. The van der Waals surface area contributed by atoms with Crippen LogP contribution in [-0.2, 0) is 5.60 Å². The number of hydrogen-bond acceptors (Lipinski definition) is 6. The van der Waals surface area contributed by atoms with Crippen molar-refractivity contribution in [2.75, 3.05) is 31.1 Å². The van der Waals surface area contributed by atoms with Gasteiger partial charge in [-0.15, -0.1) is 0 Å². The van der Waals surface area contributed by atoms with Crippen molar-refractivity contribution in [2.45, 2.75) is 18.6 Å². The lowest BCUT2D eigenvalue weighted by atomic mass is 9.96. The fourth-order valence-electron chi connectivity index (χ4n) is 4.38. The van der Waals surface area contributed by atoms with Gasteiger partial charge in [-0.3, -0.25) is 9.88 Å². The summed E-state index contributed by atoms with van der Waals surface area (Å²) in [5, 5.41) is 31.1. The lowest BCUT2D eigenvalue weighted by Crippen LogP contribution is -2.52. The first kappa shape index (κ1) is 24.0. The number of rotatable bonds is 5. The van der Waals surface area contributed by atoms with Gasteiger partial charge in [0.2, 0.25) is 0 Å². The quantitative estimate of drug-likeness (QED) is 0.545. The molecule has 1 fully saturated rings. The first-order chi connectivity index (χ1) is 16.3. The van der Waals surface area contributed by atoms with E-state index >= 15 is 0 Å². The third-order valence-corrected chi connectivity index (χ3v) is 6.57. The molecule has 2 atom stereocenters. The van der Waals surface area contributed by atoms with Gasteiger partial charge in [0.15, 0.2) is 0 Å². The fraction of sp³-hybridized carbons (Fsp3) is 0.269. The monoisotopic (exact) mass is 491 g/mol. The minimum absolute atomic E-state index is 0.0657. The number of anilines is 1. The highest BCUT2D eigenvalue weighted by Gasteiger charge is 2.34. The summed E-state index contributed by atoms with van der Waals surface area (Å²) < 4.78 is 0. The van der Waals surface area contributed by atoms with Gasteiger partial charge in [-0.1, -0.05) is 35.3 Å². The van der Waals surface area contributed by atoms with Crippen molar-refractivity contribution in [3.63, 3.8) is 0 Å². The summed E-state index contributed by atoms with van der Waals surface area (Å²) in [5.41, 5.74) is 2.18. The number of nitriles is 2. The van der Waals surface area contributed by atoms with E-state index in [9.17, 15) is 10.4 Å². The van der Waals surface area contributed by atoms with Crippen LogP contribution in [0, 0.1) is 22.7 Å². The highest BCUT2D eigenvalue weighted by atomic mass is 35.5. The van der Waals surface area contributed by atoms with Crippen LogP contribution in [0.15, 0.2) is 60.8 Å². The molecular formula is C26H23Cl2N5O. The molecule has 1 saturated heterocycles. The molecule has 6 nitrogen and oxygen atoms in total. The number of benzene rings is 2. The van der Waals surface area contributed by atoms with E-state index in [0.29, 0.717) is 53.0 Å². The summed E-state index contributed by atoms with van der Waals surface area (Å²) in [6.45, 7) is 4.07. The van der Waals surface area contributed by atoms with Crippen LogP contribution in [0.25, 0.3) is 0 Å². The largest absolute Gasteiger partial charge is 0.382 e. The van der Waals surface area contributed by atoms with Crippen molar-refractivity contribution in [3.05, 3.63) is 93.2 Å². The highest BCUT2D eigenvalue weighted by Crippen LogP contribution is 2.35. The lowest BCUT2D eigenvalue weighted by Gasteiger charge is -2.45. The summed E-state index contributed by atoms with van der Waals surface area (Å²) in [5.74, 6) is 0. The molecule has 0 bridgehead atoms. The lowest BCUT2D eigenvalue weighted by molar-refractivity contribution is 0.00677. The molecule has 8 heteroatoms. The van der Waals surface area contributed by atoms with Crippen molar-refractivity contribution in [3.8, 4) is 12.1 Å². The molecule has 34 heavy (non-hydrogen) atoms. The topological polar surface area (TPSA) is 87.2 Å². The Morgan fingerprint density at radius 1 is 1.03 bits per heavy atom. The Hall–Kier alpha value is -3.13. The minimum atomic E-state index is -1.20. The molecule has 2 aromatic carbocycles. The summed E-state index contributed by atoms with van der Waals surface area (Å²) in [7, 11) is 0. The molecule has 0 aliphatic carbocycles. The highest BCUT2D eigenvalue weighted by molar-refractivity contribution is 6.31. The van der Waals surface area contributed by atoms with E-state index in [2.05, 4.69) is 20.9 Å². The molecule has 172 valence electrons. The molecule has 4 rings (SSSR count). The molecule has 0 amide bonds. The standard InChI is InChI=1S/C26H23Cl2N5O/c1-26(34,25-9-2-18(13-29)15-31-25)17-32-10-11-33(23-8-7-22(28)12-20(23)14-30)24(16-32)19-3-5-21(27)6-4-19/h2-9,12,15,24,34H,10-11,16-17H2,1H3/t24-,26+/m0/s1. The Morgan fingerprint density at radius 2 is 1.76 bits per heavy atom. The van der Waals surface area contributed by atoms with E-state index in [-0.39, 0.29) is 6.04 Å². The number of pyridine rings is 1. The first-order valence-corrected chi connectivity index (χ1v) is 11.6. The van der Waals surface area contributed by atoms with Crippen LogP contribution < -0.4 is 4.90 Å². The predicted molar refractivity (Wildman–Crippen MR) is 133 cm³/mol. The number of aliphatic hydroxyl groups is 1. The third-order valence-electron chi connectivity index (χ3n) is 6.08. The van der Waals surface area contributed by atoms with E-state index in [0.717, 1.165) is 11.3 Å². The van der Waals surface area contributed by atoms with Gasteiger partial charge in [0.1, 0.15) is 17.7 Å². The van der Waals surface area contributed by atoms with Gasteiger partial charge in [-0.05, 0) is 55.0 Å². The van der Waals surface area contributed by atoms with Gasteiger partial charge in [-0.25, -0.2) is 0 Å². The zero-order valence-electron chi connectivity index (χ0n) is 18.6. The Morgan fingerprint density at radius 3 is 2.41 bits per heavy atom. The number of β-amino-alcohol motifs (C(OH)–C–C–N with tert-alkyl or cyclic N) is 1. The van der Waals surface area contributed by atoms with Crippen LogP contribution >= 0.6 is 23.2 Å². The second-order valence-corrected chi connectivity index (χ2v) is 9.46. The van der Waals surface area contributed by atoms with Crippen LogP contribution in [0.3, 0.4) is 0 Å². The molecule has 0 radical (unpaired) electrons. The number of hydrogen-bond donors (Lipinski definition) is 1. The molecule has 0 unspecified atom stereocenters. The van der Waals surface area contributed by atoms with Crippen molar-refractivity contribution in [2.24, 2.45) is 0 Å². The van der Waals surface area contributed by atoms with E-state index in [1.54, 1.807) is 31.2 Å². The average Bonchev–Trinajstić information content (AvgIpc) is 2.84. The molecule has 2 heterocycles. The first-order valence-electron chi connectivity index (χ1n) is 10.8. The number of aromatic nitrogens is 1. The van der Waals surface area contributed by atoms with Crippen LogP contribution in [-0.4, -0.2) is 41.2 Å². The summed E-state index contributed by atoms with van der Waals surface area (Å²) in [6.07, 6.45) is 1.47. The van der Waals surface area contributed by atoms with Gasteiger partial charge < -0.3 is 10.0 Å². The maximum atomic E-state index is 11.2. The molecule has 0 saturated carbocycles. The van der Waals surface area contributed by atoms with Crippen LogP contribution in [0.5, 0.6) is 0 Å². The van der Waals surface area contributed by atoms with E-state index in [1.807, 2.05) is 36.4 Å². The average molecular weight is 492 g/mol. The predicted octanol–water partition coefficient (Wildman–Crippen LogP) is 4.90. The van der Waals surface area contributed by atoms with Gasteiger partial charge >= 0.3 is 0 Å². The Balaban J connectivity index is 1.62. The summed E-state index contributed by atoms with van der Waals surface area (Å²) >= 11 is 12.3. The molecule has 1 aliphatic heterocycles. The number of halogens is 2. The SMILES string of the molecule is C[C@@](O)(CN1CCN(c2ccc(Cl)cc2C#N)[C@H](c2ccc(Cl)cc2)C1)c1ccc(C#N)cn1. The molecular weight excluding hydrogens is 469 g/mol. The molecule has 1 aromatic heterocycles. The smallest absolute Gasteiger partial charge is 0.116 e. The fourth-order valence-corrected chi connectivity index (χ4v) is 4.68. The van der Waals surface area contributed by atoms with E-state index < -0.39 is 5.60 Å². The van der Waals surface area contributed by atoms with Gasteiger partial charge in [-0.2, -0.15) is 10.5 Å². The number of piperazine rings is 1. The maximum Gasteiger partial charge on any atom is 0.116 e. The second kappa shape index (κ2) is 10.0. The van der Waals surface area contributed by atoms with Crippen LogP contribution in [0.4, 0.5) is 5.69 Å². The zero-order valence-corrected chi connectivity index (χ0v) is 20.1. The molecule has 3 aromatic rings.